The highest BCUT2D eigenvalue weighted by Gasteiger charge is 2.20. The maximum Gasteiger partial charge on any atom is 0.0975 e. The Morgan fingerprint density at radius 1 is 1.05 bits per heavy atom. The zero-order valence-corrected chi connectivity index (χ0v) is 12.8. The van der Waals surface area contributed by atoms with Gasteiger partial charge in [0.1, 0.15) is 0 Å². The molecule has 3 rings (SSSR count). The number of fused-ring (bicyclic) bond motifs is 1. The summed E-state index contributed by atoms with van der Waals surface area (Å²) in [7, 11) is 1.73. The smallest absolute Gasteiger partial charge is 0.0975 e. The van der Waals surface area contributed by atoms with Crippen molar-refractivity contribution in [1.82, 2.24) is 0 Å². The van der Waals surface area contributed by atoms with Gasteiger partial charge in [0.05, 0.1) is 6.10 Å². The largest absolute Gasteiger partial charge is 0.375 e. The molecular weight excluding hydrogens is 278 g/mol. The van der Waals surface area contributed by atoms with Crippen molar-refractivity contribution < 1.29 is 4.74 Å². The molecule has 2 atom stereocenters. The van der Waals surface area contributed by atoms with Crippen LogP contribution in [0.15, 0.2) is 60.0 Å². The average Bonchev–Trinajstić information content (AvgIpc) is 2.92. The molecule has 3 heteroatoms. The van der Waals surface area contributed by atoms with Crippen LogP contribution in [0.3, 0.4) is 0 Å². The molecule has 2 aromatic carbocycles. The maximum absolute atomic E-state index is 6.42. The lowest BCUT2D eigenvalue weighted by molar-refractivity contribution is 0.0804. The number of thiophene rings is 1. The molecule has 0 radical (unpaired) electrons. The van der Waals surface area contributed by atoms with E-state index in [1.54, 1.807) is 18.4 Å². The summed E-state index contributed by atoms with van der Waals surface area (Å²) in [4.78, 5) is 0. The van der Waals surface area contributed by atoms with E-state index in [1.807, 2.05) is 18.2 Å². The van der Waals surface area contributed by atoms with Gasteiger partial charge in [-0.25, -0.2) is 0 Å². The van der Waals surface area contributed by atoms with Gasteiger partial charge in [-0.1, -0.05) is 48.5 Å². The lowest BCUT2D eigenvalue weighted by Crippen LogP contribution is -2.31. The van der Waals surface area contributed by atoms with E-state index in [0.29, 0.717) is 0 Å². The fourth-order valence-electron chi connectivity index (χ4n) is 2.75. The molecule has 108 valence electrons. The van der Waals surface area contributed by atoms with Crippen LogP contribution in [0.25, 0.3) is 10.1 Å². The summed E-state index contributed by atoms with van der Waals surface area (Å²) in [6, 6.07) is 18.6. The van der Waals surface area contributed by atoms with Crippen molar-refractivity contribution in [2.24, 2.45) is 5.73 Å². The predicted molar refractivity (Wildman–Crippen MR) is 89.7 cm³/mol. The van der Waals surface area contributed by atoms with E-state index in [0.717, 1.165) is 12.0 Å². The molecule has 2 N–H and O–H groups in total. The molecular formula is C18H19NOS. The van der Waals surface area contributed by atoms with E-state index < -0.39 is 0 Å². The highest BCUT2D eigenvalue weighted by atomic mass is 32.1. The molecule has 0 saturated carbocycles. The first-order chi connectivity index (χ1) is 10.3. The topological polar surface area (TPSA) is 35.2 Å². The first-order valence-corrected chi connectivity index (χ1v) is 7.96. The minimum atomic E-state index is -0.0788. The third-order valence-corrected chi connectivity index (χ3v) is 4.80. The van der Waals surface area contributed by atoms with Crippen molar-refractivity contribution in [3.63, 3.8) is 0 Å². The molecule has 0 bridgehead atoms. The van der Waals surface area contributed by atoms with E-state index in [4.69, 9.17) is 10.5 Å². The molecule has 0 spiro atoms. The van der Waals surface area contributed by atoms with Crippen LogP contribution < -0.4 is 5.73 Å². The Bertz CT molecular complexity index is 707. The second kappa shape index (κ2) is 6.39. The predicted octanol–water partition coefficient (Wildman–Crippen LogP) is 4.16. The van der Waals surface area contributed by atoms with Gasteiger partial charge in [0.25, 0.3) is 0 Å². The van der Waals surface area contributed by atoms with Gasteiger partial charge >= 0.3 is 0 Å². The number of nitrogens with two attached hydrogens (primary N) is 1. The Balaban J connectivity index is 1.83. The Morgan fingerprint density at radius 3 is 2.52 bits per heavy atom. The number of hydrogen-bond donors (Lipinski definition) is 1. The molecule has 0 amide bonds. The van der Waals surface area contributed by atoms with Crippen LogP contribution in [0.4, 0.5) is 0 Å². The Labute approximate surface area is 129 Å². The quantitative estimate of drug-likeness (QED) is 0.767. The van der Waals surface area contributed by atoms with E-state index >= 15 is 0 Å². The first-order valence-electron chi connectivity index (χ1n) is 7.08. The van der Waals surface area contributed by atoms with Gasteiger partial charge in [0.2, 0.25) is 0 Å². The van der Waals surface area contributed by atoms with Crippen LogP contribution in [0.5, 0.6) is 0 Å². The third-order valence-electron chi connectivity index (χ3n) is 3.79. The summed E-state index contributed by atoms with van der Waals surface area (Å²) in [5.41, 5.74) is 8.86. The first kappa shape index (κ1) is 14.3. The van der Waals surface area contributed by atoms with Gasteiger partial charge in [-0.2, -0.15) is 0 Å². The molecule has 0 fully saturated rings. The summed E-state index contributed by atoms with van der Waals surface area (Å²) < 4.78 is 6.95. The fourth-order valence-corrected chi connectivity index (χ4v) is 3.73. The second-order valence-electron chi connectivity index (χ2n) is 5.19. The van der Waals surface area contributed by atoms with Crippen molar-refractivity contribution in [2.45, 2.75) is 18.6 Å². The fraction of sp³-hybridized carbons (Fsp3) is 0.222. The van der Waals surface area contributed by atoms with Crippen LogP contribution in [0.1, 0.15) is 17.2 Å². The van der Waals surface area contributed by atoms with Crippen LogP contribution in [0.2, 0.25) is 0 Å². The second-order valence-corrected chi connectivity index (χ2v) is 6.10. The summed E-state index contributed by atoms with van der Waals surface area (Å²) in [5, 5.41) is 3.52. The Kier molecular flexibility index (Phi) is 4.34. The van der Waals surface area contributed by atoms with Crippen molar-refractivity contribution in [3.8, 4) is 0 Å². The van der Waals surface area contributed by atoms with E-state index in [1.165, 1.54) is 15.6 Å². The SMILES string of the molecule is COC(c1ccccc1)C(N)Cc1csc2ccccc12. The number of methoxy groups -OCH3 is 1. The summed E-state index contributed by atoms with van der Waals surface area (Å²) in [6.45, 7) is 0. The number of ether oxygens (including phenoxy) is 1. The van der Waals surface area contributed by atoms with Crippen molar-refractivity contribution in [3.05, 3.63) is 71.1 Å². The van der Waals surface area contributed by atoms with Crippen molar-refractivity contribution >= 4 is 21.4 Å². The molecule has 1 aromatic heterocycles. The number of rotatable bonds is 5. The van der Waals surface area contributed by atoms with Crippen molar-refractivity contribution in [1.29, 1.82) is 0 Å². The molecule has 1 heterocycles. The molecule has 21 heavy (non-hydrogen) atoms. The molecule has 3 aromatic rings. The van der Waals surface area contributed by atoms with Gasteiger partial charge in [0.15, 0.2) is 0 Å². The van der Waals surface area contributed by atoms with E-state index in [9.17, 15) is 0 Å². The lowest BCUT2D eigenvalue weighted by Gasteiger charge is -2.23. The van der Waals surface area contributed by atoms with Gasteiger partial charge in [0, 0.05) is 17.9 Å². The maximum atomic E-state index is 6.42. The molecule has 2 unspecified atom stereocenters. The Morgan fingerprint density at radius 2 is 1.76 bits per heavy atom. The monoisotopic (exact) mass is 297 g/mol. The standard InChI is InChI=1S/C18H19NOS/c1-20-18(13-7-3-2-4-8-13)16(19)11-14-12-21-17-10-6-5-9-15(14)17/h2-10,12,16,18H,11,19H2,1H3. The highest BCUT2D eigenvalue weighted by Crippen LogP contribution is 2.29. The van der Waals surface area contributed by atoms with Crippen molar-refractivity contribution in [2.75, 3.05) is 7.11 Å². The minimum Gasteiger partial charge on any atom is -0.375 e. The minimum absolute atomic E-state index is 0.0598. The van der Waals surface area contributed by atoms with Gasteiger partial charge in [-0.05, 0) is 34.4 Å². The number of hydrogen-bond acceptors (Lipinski definition) is 3. The molecule has 0 aliphatic heterocycles. The molecule has 0 saturated heterocycles. The zero-order chi connectivity index (χ0) is 14.7. The number of benzene rings is 2. The van der Waals surface area contributed by atoms with Crippen LogP contribution in [-0.2, 0) is 11.2 Å². The van der Waals surface area contributed by atoms with E-state index in [2.05, 4.69) is 41.8 Å². The summed E-state index contributed by atoms with van der Waals surface area (Å²) in [6.07, 6.45) is 0.738. The molecule has 0 aliphatic carbocycles. The van der Waals surface area contributed by atoms with Gasteiger partial charge < -0.3 is 10.5 Å². The molecule has 2 nitrogen and oxygen atoms in total. The summed E-state index contributed by atoms with van der Waals surface area (Å²) >= 11 is 1.77. The third kappa shape index (κ3) is 3.00. The van der Waals surface area contributed by atoms with Crippen LogP contribution in [0, 0.1) is 0 Å². The van der Waals surface area contributed by atoms with Gasteiger partial charge in [-0.3, -0.25) is 0 Å². The molecule has 0 aliphatic rings. The van der Waals surface area contributed by atoms with Gasteiger partial charge in [-0.15, -0.1) is 11.3 Å². The summed E-state index contributed by atoms with van der Waals surface area (Å²) in [5.74, 6) is 0. The highest BCUT2D eigenvalue weighted by molar-refractivity contribution is 7.17. The normalized spacial score (nSPS) is 14.2. The average molecular weight is 297 g/mol. The Hall–Kier alpha value is -1.68. The van der Waals surface area contributed by atoms with E-state index in [-0.39, 0.29) is 12.1 Å². The zero-order valence-electron chi connectivity index (χ0n) is 12.0. The lowest BCUT2D eigenvalue weighted by atomic mass is 9.96. The van der Waals surface area contributed by atoms with Crippen LogP contribution >= 0.6 is 11.3 Å². The van der Waals surface area contributed by atoms with Crippen LogP contribution in [-0.4, -0.2) is 13.2 Å².